The minimum Gasteiger partial charge on any atom is -0.381 e. The van der Waals surface area contributed by atoms with Gasteiger partial charge in [-0.25, -0.2) is 0 Å². The summed E-state index contributed by atoms with van der Waals surface area (Å²) in [5.41, 5.74) is 2.72. The molecule has 106 valence electrons. The molecule has 0 amide bonds. The van der Waals surface area contributed by atoms with Gasteiger partial charge in [0.05, 0.1) is 11.1 Å². The van der Waals surface area contributed by atoms with E-state index >= 15 is 0 Å². The van der Waals surface area contributed by atoms with E-state index in [2.05, 4.69) is 10.4 Å². The maximum absolute atomic E-state index is 11.0. The molecule has 20 heavy (non-hydrogen) atoms. The molecule has 0 aliphatic carbocycles. The third-order valence-electron chi connectivity index (χ3n) is 3.17. The van der Waals surface area contributed by atoms with Crippen molar-refractivity contribution in [3.8, 4) is 0 Å². The van der Waals surface area contributed by atoms with Gasteiger partial charge in [0.25, 0.3) is 5.69 Å². The molecule has 1 aromatic heterocycles. The van der Waals surface area contributed by atoms with Crippen molar-refractivity contribution in [2.45, 2.75) is 33.4 Å². The van der Waals surface area contributed by atoms with Crippen LogP contribution in [0.5, 0.6) is 0 Å². The first kappa shape index (κ1) is 14.0. The average Bonchev–Trinajstić information content (AvgIpc) is 2.92. The number of rotatable bonds is 6. The van der Waals surface area contributed by atoms with Gasteiger partial charge >= 0.3 is 0 Å². The highest BCUT2D eigenvalue weighted by Gasteiger charge is 2.12. The summed E-state index contributed by atoms with van der Waals surface area (Å²) >= 11 is 0. The first-order chi connectivity index (χ1) is 9.63. The molecule has 0 fully saturated rings. The molecule has 0 saturated carbocycles. The molecule has 0 aliphatic rings. The van der Waals surface area contributed by atoms with E-state index in [9.17, 15) is 10.1 Å². The van der Waals surface area contributed by atoms with Gasteiger partial charge in [0, 0.05) is 42.2 Å². The molecule has 0 unspecified atom stereocenters. The zero-order valence-corrected chi connectivity index (χ0v) is 11.7. The highest BCUT2D eigenvalue weighted by Crippen LogP contribution is 2.23. The third-order valence-corrected chi connectivity index (χ3v) is 3.17. The Hall–Kier alpha value is -2.37. The minimum atomic E-state index is -0.334. The Morgan fingerprint density at radius 2 is 2.20 bits per heavy atom. The smallest absolute Gasteiger partial charge is 0.274 e. The zero-order valence-electron chi connectivity index (χ0n) is 11.7. The second-order valence-electron chi connectivity index (χ2n) is 4.51. The summed E-state index contributed by atoms with van der Waals surface area (Å²) in [5, 5.41) is 18.4. The number of nitrogens with zero attached hydrogens (tertiary/aromatic N) is 3. The fourth-order valence-electron chi connectivity index (χ4n) is 2.02. The Labute approximate surface area is 117 Å². The first-order valence-corrected chi connectivity index (χ1v) is 6.66. The van der Waals surface area contributed by atoms with Gasteiger partial charge in [0.2, 0.25) is 0 Å². The second kappa shape index (κ2) is 6.18. The standard InChI is InChI=1S/C14H18N4O2/c1-3-12-5-6-13(7-14(12)18(19)20)15-8-11-9-16-17(4-2)10-11/h5-7,9-10,15H,3-4,8H2,1-2H3. The molecule has 1 heterocycles. The van der Waals surface area contributed by atoms with Crippen LogP contribution in [0.4, 0.5) is 11.4 Å². The van der Waals surface area contributed by atoms with Gasteiger partial charge in [-0.05, 0) is 19.4 Å². The van der Waals surface area contributed by atoms with Gasteiger partial charge in [0.1, 0.15) is 0 Å². The molecule has 1 N–H and O–H groups in total. The van der Waals surface area contributed by atoms with Crippen LogP contribution in [0.15, 0.2) is 30.6 Å². The molecule has 0 bridgehead atoms. The van der Waals surface area contributed by atoms with Crippen LogP contribution in [-0.2, 0) is 19.5 Å². The third kappa shape index (κ3) is 3.14. The lowest BCUT2D eigenvalue weighted by atomic mass is 10.1. The molecule has 0 radical (unpaired) electrons. The SMILES string of the molecule is CCc1ccc(NCc2cnn(CC)c2)cc1[N+](=O)[O-]. The normalized spacial score (nSPS) is 10.5. The topological polar surface area (TPSA) is 73.0 Å². The van der Waals surface area contributed by atoms with Crippen molar-refractivity contribution in [3.63, 3.8) is 0 Å². The van der Waals surface area contributed by atoms with Crippen LogP contribution >= 0.6 is 0 Å². The van der Waals surface area contributed by atoms with Crippen molar-refractivity contribution in [2.75, 3.05) is 5.32 Å². The fraction of sp³-hybridized carbons (Fsp3) is 0.357. The number of nitro benzene ring substituents is 1. The van der Waals surface area contributed by atoms with Crippen LogP contribution in [0.3, 0.4) is 0 Å². The van der Waals surface area contributed by atoms with E-state index in [0.29, 0.717) is 13.0 Å². The predicted octanol–water partition coefficient (Wildman–Crippen LogP) is 2.99. The van der Waals surface area contributed by atoms with Crippen LogP contribution in [0, 0.1) is 10.1 Å². The maximum Gasteiger partial charge on any atom is 0.274 e. The van der Waals surface area contributed by atoms with Crippen molar-refractivity contribution in [1.29, 1.82) is 0 Å². The fourth-order valence-corrected chi connectivity index (χ4v) is 2.02. The number of benzene rings is 1. The van der Waals surface area contributed by atoms with Gasteiger partial charge in [-0.15, -0.1) is 0 Å². The minimum absolute atomic E-state index is 0.168. The van der Waals surface area contributed by atoms with E-state index < -0.39 is 0 Å². The first-order valence-electron chi connectivity index (χ1n) is 6.66. The molecule has 0 aliphatic heterocycles. The van der Waals surface area contributed by atoms with E-state index in [1.165, 1.54) is 0 Å². The molecule has 6 nitrogen and oxygen atoms in total. The molecular formula is C14H18N4O2. The van der Waals surface area contributed by atoms with Crippen LogP contribution < -0.4 is 5.32 Å². The molecule has 2 aromatic rings. The van der Waals surface area contributed by atoms with Crippen LogP contribution in [0.1, 0.15) is 25.0 Å². The number of anilines is 1. The zero-order chi connectivity index (χ0) is 14.5. The van der Waals surface area contributed by atoms with Crippen molar-refractivity contribution in [2.24, 2.45) is 0 Å². The number of hydrogen-bond donors (Lipinski definition) is 1. The monoisotopic (exact) mass is 274 g/mol. The Kier molecular flexibility index (Phi) is 4.34. The highest BCUT2D eigenvalue weighted by molar-refractivity contribution is 5.55. The summed E-state index contributed by atoms with van der Waals surface area (Å²) in [6, 6.07) is 5.26. The van der Waals surface area contributed by atoms with Gasteiger partial charge in [0.15, 0.2) is 0 Å². The van der Waals surface area contributed by atoms with E-state index in [1.807, 2.05) is 30.8 Å². The van der Waals surface area contributed by atoms with Gasteiger partial charge in [-0.2, -0.15) is 5.10 Å². The van der Waals surface area contributed by atoms with Gasteiger partial charge in [-0.1, -0.05) is 13.0 Å². The molecule has 2 rings (SSSR count). The summed E-state index contributed by atoms with van der Waals surface area (Å²) in [6.07, 6.45) is 4.41. The van der Waals surface area contributed by atoms with Gasteiger partial charge < -0.3 is 5.32 Å². The molecule has 0 spiro atoms. The second-order valence-corrected chi connectivity index (χ2v) is 4.51. The summed E-state index contributed by atoms with van der Waals surface area (Å²) in [5.74, 6) is 0. The molecule has 0 atom stereocenters. The molecular weight excluding hydrogens is 256 g/mol. The highest BCUT2D eigenvalue weighted by atomic mass is 16.6. The van der Waals surface area contributed by atoms with Crippen LogP contribution in [0.25, 0.3) is 0 Å². The lowest BCUT2D eigenvalue weighted by molar-refractivity contribution is -0.385. The van der Waals surface area contributed by atoms with Crippen LogP contribution in [0.2, 0.25) is 0 Å². The Morgan fingerprint density at radius 3 is 2.80 bits per heavy atom. The molecule has 1 aromatic carbocycles. The lowest BCUT2D eigenvalue weighted by Gasteiger charge is -2.06. The summed E-state index contributed by atoms with van der Waals surface area (Å²) < 4.78 is 1.85. The van der Waals surface area contributed by atoms with Crippen molar-refractivity contribution in [1.82, 2.24) is 9.78 Å². The number of hydrogen-bond acceptors (Lipinski definition) is 4. The molecule has 6 heteroatoms. The van der Waals surface area contributed by atoms with E-state index in [-0.39, 0.29) is 10.6 Å². The van der Waals surface area contributed by atoms with Crippen molar-refractivity contribution >= 4 is 11.4 Å². The maximum atomic E-state index is 11.0. The van der Waals surface area contributed by atoms with E-state index in [4.69, 9.17) is 0 Å². The average molecular weight is 274 g/mol. The van der Waals surface area contributed by atoms with E-state index in [0.717, 1.165) is 23.4 Å². The number of nitrogens with one attached hydrogen (secondary N) is 1. The van der Waals surface area contributed by atoms with Gasteiger partial charge in [-0.3, -0.25) is 14.8 Å². The Bertz CT molecular complexity index is 607. The number of aromatic nitrogens is 2. The van der Waals surface area contributed by atoms with Crippen molar-refractivity contribution < 1.29 is 4.92 Å². The summed E-state index contributed by atoms with van der Waals surface area (Å²) in [7, 11) is 0. The number of aryl methyl sites for hydroxylation is 2. The van der Waals surface area contributed by atoms with Crippen molar-refractivity contribution in [3.05, 3.63) is 51.8 Å². The van der Waals surface area contributed by atoms with E-state index in [1.54, 1.807) is 18.3 Å². The lowest BCUT2D eigenvalue weighted by Crippen LogP contribution is -2.01. The molecule has 0 saturated heterocycles. The quantitative estimate of drug-likeness (QED) is 0.649. The van der Waals surface area contributed by atoms with Crippen LogP contribution in [-0.4, -0.2) is 14.7 Å². The Balaban J connectivity index is 2.09. The summed E-state index contributed by atoms with van der Waals surface area (Å²) in [4.78, 5) is 10.7. The summed E-state index contributed by atoms with van der Waals surface area (Å²) in [6.45, 7) is 5.37. The Morgan fingerprint density at radius 1 is 1.40 bits per heavy atom. The largest absolute Gasteiger partial charge is 0.381 e. The predicted molar refractivity (Wildman–Crippen MR) is 77.7 cm³/mol. The number of nitro groups is 1.